The van der Waals surface area contributed by atoms with Crippen molar-refractivity contribution >= 4 is 27.5 Å². The van der Waals surface area contributed by atoms with E-state index in [0.29, 0.717) is 0 Å². The summed E-state index contributed by atoms with van der Waals surface area (Å²) in [6.07, 6.45) is 6.71. The molecule has 2 aliphatic rings. The van der Waals surface area contributed by atoms with Gasteiger partial charge >= 0.3 is 0 Å². The molecular weight excluding hydrogens is 343 g/mol. The highest BCUT2D eigenvalue weighted by molar-refractivity contribution is 7.89. The number of nitrogens with one attached hydrogen (secondary N) is 1. The predicted octanol–water partition coefficient (Wildman–Crippen LogP) is 2.08. The Kier molecular flexibility index (Phi) is 4.44. The summed E-state index contributed by atoms with van der Waals surface area (Å²) < 4.78 is 39.8. The highest BCUT2D eigenvalue weighted by Gasteiger charge is 2.37. The summed E-state index contributed by atoms with van der Waals surface area (Å²) in [6, 6.07) is 3.33. The molecule has 1 saturated heterocycles. The maximum absolute atomic E-state index is 13.1. The summed E-state index contributed by atoms with van der Waals surface area (Å²) in [7, 11) is -3.91. The second-order valence-corrected chi connectivity index (χ2v) is 7.84. The van der Waals surface area contributed by atoms with E-state index < -0.39 is 15.8 Å². The SMILES string of the molecule is O=C(CNS(=O)(=O)c1ccc(F)c(Cl)c1)N1C2C=CCC1CC2. The van der Waals surface area contributed by atoms with Gasteiger partial charge in [-0.1, -0.05) is 23.8 Å². The summed E-state index contributed by atoms with van der Waals surface area (Å²) in [5.74, 6) is -0.947. The van der Waals surface area contributed by atoms with Gasteiger partial charge in [0.2, 0.25) is 15.9 Å². The number of carbonyl (C=O) groups excluding carboxylic acids is 1. The number of halogens is 2. The van der Waals surface area contributed by atoms with E-state index in [4.69, 9.17) is 11.6 Å². The molecule has 1 aromatic rings. The largest absolute Gasteiger partial charge is 0.332 e. The number of rotatable bonds is 4. The van der Waals surface area contributed by atoms with E-state index >= 15 is 0 Å². The second kappa shape index (κ2) is 6.22. The molecule has 1 aromatic carbocycles. The molecule has 5 nitrogen and oxygen atoms in total. The Bertz CT molecular complexity index is 766. The molecule has 2 bridgehead atoms. The van der Waals surface area contributed by atoms with E-state index in [1.807, 2.05) is 6.08 Å². The van der Waals surface area contributed by atoms with E-state index in [1.165, 1.54) is 0 Å². The van der Waals surface area contributed by atoms with Gasteiger partial charge in [0.1, 0.15) is 5.82 Å². The molecule has 0 aliphatic carbocycles. The minimum absolute atomic E-state index is 0.0611. The Labute approximate surface area is 139 Å². The molecule has 2 heterocycles. The van der Waals surface area contributed by atoms with Crippen LogP contribution in [0.5, 0.6) is 0 Å². The van der Waals surface area contributed by atoms with Gasteiger partial charge in [-0.3, -0.25) is 4.79 Å². The Balaban J connectivity index is 1.68. The zero-order valence-electron chi connectivity index (χ0n) is 12.2. The van der Waals surface area contributed by atoms with Gasteiger partial charge in [-0.2, -0.15) is 0 Å². The first kappa shape index (κ1) is 16.4. The number of fused-ring (bicyclic) bond motifs is 2. The van der Waals surface area contributed by atoms with Crippen LogP contribution < -0.4 is 4.72 Å². The zero-order valence-corrected chi connectivity index (χ0v) is 13.8. The lowest BCUT2D eigenvalue weighted by Crippen LogP contribution is -2.47. The monoisotopic (exact) mass is 358 g/mol. The normalized spacial score (nSPS) is 23.3. The molecule has 3 rings (SSSR count). The molecule has 8 heteroatoms. The lowest BCUT2D eigenvalue weighted by molar-refractivity contribution is -0.132. The molecule has 0 spiro atoms. The zero-order chi connectivity index (χ0) is 16.6. The van der Waals surface area contributed by atoms with Crippen LogP contribution in [0.1, 0.15) is 19.3 Å². The third kappa shape index (κ3) is 3.27. The summed E-state index contributed by atoms with van der Waals surface area (Å²) in [6.45, 7) is -0.321. The fourth-order valence-electron chi connectivity index (χ4n) is 3.09. The number of benzene rings is 1. The minimum Gasteiger partial charge on any atom is -0.332 e. The molecule has 2 atom stereocenters. The summed E-state index contributed by atoms with van der Waals surface area (Å²) in [5, 5.41) is -0.279. The van der Waals surface area contributed by atoms with Crippen molar-refractivity contribution in [2.75, 3.05) is 6.54 Å². The fourth-order valence-corrected chi connectivity index (χ4v) is 4.33. The number of nitrogens with zero attached hydrogens (tertiary/aromatic N) is 1. The van der Waals surface area contributed by atoms with Crippen molar-refractivity contribution in [3.63, 3.8) is 0 Å². The first-order chi connectivity index (χ1) is 10.9. The second-order valence-electron chi connectivity index (χ2n) is 5.66. The van der Waals surface area contributed by atoms with Gasteiger partial charge in [0.25, 0.3) is 0 Å². The Morgan fingerprint density at radius 2 is 2.17 bits per heavy atom. The van der Waals surface area contributed by atoms with E-state index in [-0.39, 0.29) is 34.5 Å². The molecule has 0 aromatic heterocycles. The average molecular weight is 359 g/mol. The van der Waals surface area contributed by atoms with Crippen LogP contribution in [-0.4, -0.2) is 37.9 Å². The average Bonchev–Trinajstić information content (AvgIpc) is 2.77. The molecule has 2 aliphatic heterocycles. The van der Waals surface area contributed by atoms with Gasteiger partial charge in [-0.05, 0) is 37.5 Å². The van der Waals surface area contributed by atoms with Crippen LogP contribution >= 0.6 is 11.6 Å². The topological polar surface area (TPSA) is 66.5 Å². The highest BCUT2D eigenvalue weighted by atomic mass is 35.5. The van der Waals surface area contributed by atoms with E-state index in [2.05, 4.69) is 10.8 Å². The van der Waals surface area contributed by atoms with Crippen LogP contribution in [-0.2, 0) is 14.8 Å². The first-order valence-electron chi connectivity index (χ1n) is 7.31. The van der Waals surface area contributed by atoms with Crippen LogP contribution in [0.2, 0.25) is 5.02 Å². The number of amides is 1. The standard InChI is InChI=1S/C15H16ClFN2O3S/c16-13-8-12(6-7-14(13)17)23(21,22)18-9-15(20)19-10-2-1-3-11(19)5-4-10/h1-2,6-8,10-11,18H,3-5,9H2. The number of sulfonamides is 1. The van der Waals surface area contributed by atoms with Crippen LogP contribution in [0.4, 0.5) is 4.39 Å². The molecular formula is C15H16ClFN2O3S. The van der Waals surface area contributed by atoms with Gasteiger partial charge in [0.05, 0.1) is 22.5 Å². The lowest BCUT2D eigenvalue weighted by Gasteiger charge is -2.31. The van der Waals surface area contributed by atoms with Crippen LogP contribution in [0, 0.1) is 5.82 Å². The summed E-state index contributed by atoms with van der Waals surface area (Å²) in [5.41, 5.74) is 0. The van der Waals surface area contributed by atoms with E-state index in [9.17, 15) is 17.6 Å². The number of hydrogen-bond acceptors (Lipinski definition) is 3. The van der Waals surface area contributed by atoms with Crippen molar-refractivity contribution in [1.29, 1.82) is 0 Å². The lowest BCUT2D eigenvalue weighted by atomic mass is 10.1. The Morgan fingerprint density at radius 1 is 1.39 bits per heavy atom. The van der Waals surface area contributed by atoms with Crippen molar-refractivity contribution in [2.45, 2.75) is 36.2 Å². The molecule has 0 radical (unpaired) electrons. The van der Waals surface area contributed by atoms with Crippen molar-refractivity contribution < 1.29 is 17.6 Å². The summed E-state index contributed by atoms with van der Waals surface area (Å²) in [4.78, 5) is 13.9. The Hall–Kier alpha value is -1.44. The minimum atomic E-state index is -3.91. The molecule has 1 amide bonds. The van der Waals surface area contributed by atoms with Gasteiger partial charge < -0.3 is 4.90 Å². The van der Waals surface area contributed by atoms with Crippen molar-refractivity contribution in [3.8, 4) is 0 Å². The molecule has 124 valence electrons. The number of carbonyl (C=O) groups is 1. The maximum atomic E-state index is 13.1. The van der Waals surface area contributed by atoms with Gasteiger partial charge in [-0.15, -0.1) is 0 Å². The maximum Gasteiger partial charge on any atom is 0.241 e. The predicted molar refractivity (Wildman–Crippen MR) is 84.0 cm³/mol. The van der Waals surface area contributed by atoms with E-state index in [1.54, 1.807) is 4.90 Å². The summed E-state index contributed by atoms with van der Waals surface area (Å²) >= 11 is 5.60. The first-order valence-corrected chi connectivity index (χ1v) is 9.17. The molecule has 1 N–H and O–H groups in total. The third-order valence-corrected chi connectivity index (χ3v) is 5.90. The van der Waals surface area contributed by atoms with Gasteiger partial charge in [-0.25, -0.2) is 17.5 Å². The van der Waals surface area contributed by atoms with Crippen LogP contribution in [0.25, 0.3) is 0 Å². The van der Waals surface area contributed by atoms with Crippen molar-refractivity contribution in [1.82, 2.24) is 9.62 Å². The van der Waals surface area contributed by atoms with Gasteiger partial charge in [0, 0.05) is 6.04 Å². The van der Waals surface area contributed by atoms with Crippen molar-refractivity contribution in [3.05, 3.63) is 41.2 Å². The Morgan fingerprint density at radius 3 is 2.87 bits per heavy atom. The molecule has 2 unspecified atom stereocenters. The fraction of sp³-hybridized carbons (Fsp3) is 0.400. The van der Waals surface area contributed by atoms with Crippen LogP contribution in [0.3, 0.4) is 0 Å². The number of hydrogen-bond donors (Lipinski definition) is 1. The highest BCUT2D eigenvalue weighted by Crippen LogP contribution is 2.31. The van der Waals surface area contributed by atoms with E-state index in [0.717, 1.165) is 37.5 Å². The smallest absolute Gasteiger partial charge is 0.241 e. The van der Waals surface area contributed by atoms with Crippen molar-refractivity contribution in [2.24, 2.45) is 0 Å². The molecule has 23 heavy (non-hydrogen) atoms. The third-order valence-electron chi connectivity index (χ3n) is 4.22. The van der Waals surface area contributed by atoms with Gasteiger partial charge in [0.15, 0.2) is 0 Å². The molecule has 1 fully saturated rings. The molecule has 0 saturated carbocycles. The van der Waals surface area contributed by atoms with Crippen LogP contribution in [0.15, 0.2) is 35.2 Å². The quantitative estimate of drug-likeness (QED) is 0.838.